The predicted molar refractivity (Wildman–Crippen MR) is 72.2 cm³/mol. The average Bonchev–Trinajstić information content (AvgIpc) is 2.79. The number of aromatic nitrogens is 3. The highest BCUT2D eigenvalue weighted by molar-refractivity contribution is 4.87. The Morgan fingerprint density at radius 3 is 2.78 bits per heavy atom. The number of rotatable bonds is 9. The third-order valence-electron chi connectivity index (χ3n) is 3.45. The van der Waals surface area contributed by atoms with Crippen LogP contribution >= 0.6 is 0 Å². The molecule has 104 valence electrons. The van der Waals surface area contributed by atoms with Crippen molar-refractivity contribution in [3.05, 3.63) is 12.2 Å². The molecule has 1 atom stereocenters. The lowest BCUT2D eigenvalue weighted by Gasteiger charge is -2.19. The zero-order chi connectivity index (χ0) is 13.4. The van der Waals surface area contributed by atoms with Crippen molar-refractivity contribution in [1.82, 2.24) is 14.8 Å². The minimum Gasteiger partial charge on any atom is -0.383 e. The Bertz CT molecular complexity index is 325. The van der Waals surface area contributed by atoms with Crippen LogP contribution in [0, 0.1) is 11.8 Å². The topological polar surface area (TPSA) is 66.0 Å². The van der Waals surface area contributed by atoms with Crippen LogP contribution in [0.5, 0.6) is 0 Å². The Hall–Kier alpha value is -0.940. The quantitative estimate of drug-likeness (QED) is 0.725. The van der Waals surface area contributed by atoms with Crippen molar-refractivity contribution in [2.45, 2.75) is 39.7 Å². The first-order valence-corrected chi connectivity index (χ1v) is 6.74. The lowest BCUT2D eigenvalue weighted by molar-refractivity contribution is 0.186. The van der Waals surface area contributed by atoms with Gasteiger partial charge in [0.05, 0.1) is 6.61 Å². The smallest absolute Gasteiger partial charge is 0.132 e. The van der Waals surface area contributed by atoms with Gasteiger partial charge in [-0.25, -0.2) is 0 Å². The lowest BCUT2D eigenvalue weighted by Crippen LogP contribution is -2.16. The summed E-state index contributed by atoms with van der Waals surface area (Å²) >= 11 is 0. The highest BCUT2D eigenvalue weighted by atomic mass is 16.5. The summed E-state index contributed by atoms with van der Waals surface area (Å²) in [4.78, 5) is 0. The van der Waals surface area contributed by atoms with Gasteiger partial charge < -0.3 is 15.0 Å². The van der Waals surface area contributed by atoms with E-state index in [1.807, 2.05) is 0 Å². The molecule has 0 bridgehead atoms. The van der Waals surface area contributed by atoms with Crippen LogP contribution in [0.25, 0.3) is 0 Å². The summed E-state index contributed by atoms with van der Waals surface area (Å²) in [6.07, 6.45) is 4.96. The summed E-state index contributed by atoms with van der Waals surface area (Å²) in [5, 5.41) is 8.16. The number of hydrogen-bond acceptors (Lipinski definition) is 4. The Balaban J connectivity index is 2.48. The molecule has 5 heteroatoms. The molecule has 1 rings (SSSR count). The minimum absolute atomic E-state index is 0.669. The van der Waals surface area contributed by atoms with Gasteiger partial charge in [0, 0.05) is 20.1 Å². The van der Waals surface area contributed by atoms with Crippen LogP contribution < -0.4 is 5.73 Å². The van der Waals surface area contributed by atoms with E-state index in [-0.39, 0.29) is 0 Å². The minimum atomic E-state index is 0.669. The van der Waals surface area contributed by atoms with Crippen molar-refractivity contribution in [2.75, 3.05) is 20.3 Å². The number of nitrogens with two attached hydrogens (primary N) is 1. The Kier molecular flexibility index (Phi) is 6.90. The van der Waals surface area contributed by atoms with Gasteiger partial charge in [-0.05, 0) is 31.2 Å². The third-order valence-corrected chi connectivity index (χ3v) is 3.45. The second-order valence-corrected chi connectivity index (χ2v) is 5.05. The van der Waals surface area contributed by atoms with E-state index in [2.05, 4.69) is 28.6 Å². The van der Waals surface area contributed by atoms with Gasteiger partial charge in [-0.1, -0.05) is 13.8 Å². The second-order valence-electron chi connectivity index (χ2n) is 5.05. The molecule has 1 unspecified atom stereocenters. The maximum atomic E-state index is 5.66. The SMILES string of the molecule is COCCn1cnnc1CCC(CCN)C(C)C. The number of methoxy groups -OCH3 is 1. The van der Waals surface area contributed by atoms with Gasteiger partial charge in [-0.3, -0.25) is 0 Å². The highest BCUT2D eigenvalue weighted by Gasteiger charge is 2.14. The number of hydrogen-bond donors (Lipinski definition) is 1. The van der Waals surface area contributed by atoms with Crippen LogP contribution in [0.1, 0.15) is 32.5 Å². The van der Waals surface area contributed by atoms with E-state index < -0.39 is 0 Å². The van der Waals surface area contributed by atoms with Crippen LogP contribution in [-0.2, 0) is 17.7 Å². The standard InChI is InChI=1S/C13H26N4O/c1-11(2)12(6-7-14)4-5-13-16-15-10-17(13)8-9-18-3/h10-12H,4-9,14H2,1-3H3. The van der Waals surface area contributed by atoms with Crippen LogP contribution in [0.4, 0.5) is 0 Å². The lowest BCUT2D eigenvalue weighted by atomic mass is 9.88. The largest absolute Gasteiger partial charge is 0.383 e. The molecule has 5 nitrogen and oxygen atoms in total. The molecule has 1 heterocycles. The zero-order valence-corrected chi connectivity index (χ0v) is 11.8. The molecule has 1 aromatic rings. The van der Waals surface area contributed by atoms with E-state index in [1.54, 1.807) is 13.4 Å². The van der Waals surface area contributed by atoms with Crippen LogP contribution in [0.3, 0.4) is 0 Å². The van der Waals surface area contributed by atoms with E-state index in [0.717, 1.165) is 38.2 Å². The van der Waals surface area contributed by atoms with Gasteiger partial charge in [0.2, 0.25) is 0 Å². The van der Waals surface area contributed by atoms with Crippen LogP contribution in [0.15, 0.2) is 6.33 Å². The molecule has 0 aliphatic carbocycles. The van der Waals surface area contributed by atoms with E-state index in [1.165, 1.54) is 0 Å². The Morgan fingerprint density at radius 1 is 1.39 bits per heavy atom. The van der Waals surface area contributed by atoms with Crippen molar-refractivity contribution >= 4 is 0 Å². The first-order valence-electron chi connectivity index (χ1n) is 6.74. The molecule has 0 saturated heterocycles. The average molecular weight is 254 g/mol. The van der Waals surface area contributed by atoms with Crippen LogP contribution in [0.2, 0.25) is 0 Å². The molecule has 0 spiro atoms. The zero-order valence-electron chi connectivity index (χ0n) is 11.8. The number of nitrogens with zero attached hydrogens (tertiary/aromatic N) is 3. The summed E-state index contributed by atoms with van der Waals surface area (Å²) < 4.78 is 7.15. The molecule has 0 fully saturated rings. The molecule has 0 amide bonds. The molecule has 0 radical (unpaired) electrons. The molecule has 18 heavy (non-hydrogen) atoms. The number of ether oxygens (including phenoxy) is 1. The second kappa shape index (κ2) is 8.21. The third kappa shape index (κ3) is 4.74. The van der Waals surface area contributed by atoms with E-state index in [0.29, 0.717) is 18.4 Å². The van der Waals surface area contributed by atoms with Gasteiger partial charge in [0.25, 0.3) is 0 Å². The molecule has 0 aliphatic rings. The monoisotopic (exact) mass is 254 g/mol. The van der Waals surface area contributed by atoms with Crippen molar-refractivity contribution in [3.63, 3.8) is 0 Å². The summed E-state index contributed by atoms with van der Waals surface area (Å²) in [5.74, 6) is 2.39. The first kappa shape index (κ1) is 15.1. The molecule has 2 N–H and O–H groups in total. The molecule has 1 aromatic heterocycles. The van der Waals surface area contributed by atoms with E-state index in [4.69, 9.17) is 10.5 Å². The highest BCUT2D eigenvalue weighted by Crippen LogP contribution is 2.20. The molecule has 0 aliphatic heterocycles. The summed E-state index contributed by atoms with van der Waals surface area (Å²) in [6.45, 7) is 6.80. The molecular formula is C13H26N4O. The summed E-state index contributed by atoms with van der Waals surface area (Å²) in [7, 11) is 1.71. The van der Waals surface area contributed by atoms with Crippen molar-refractivity contribution in [2.24, 2.45) is 17.6 Å². The van der Waals surface area contributed by atoms with Crippen molar-refractivity contribution in [1.29, 1.82) is 0 Å². The van der Waals surface area contributed by atoms with Gasteiger partial charge in [0.1, 0.15) is 12.2 Å². The predicted octanol–water partition coefficient (Wildman–Crippen LogP) is 1.48. The van der Waals surface area contributed by atoms with E-state index in [9.17, 15) is 0 Å². The molecule has 0 aromatic carbocycles. The number of aryl methyl sites for hydroxylation is 1. The summed E-state index contributed by atoms with van der Waals surface area (Å²) in [6, 6.07) is 0. The fourth-order valence-electron chi connectivity index (χ4n) is 2.19. The van der Waals surface area contributed by atoms with Crippen molar-refractivity contribution < 1.29 is 4.74 Å². The molecule has 0 saturated carbocycles. The maximum Gasteiger partial charge on any atom is 0.132 e. The van der Waals surface area contributed by atoms with Gasteiger partial charge in [-0.15, -0.1) is 10.2 Å². The summed E-state index contributed by atoms with van der Waals surface area (Å²) in [5.41, 5.74) is 5.66. The Morgan fingerprint density at radius 2 is 2.17 bits per heavy atom. The Labute approximate surface area is 110 Å². The van der Waals surface area contributed by atoms with Gasteiger partial charge in [0.15, 0.2) is 0 Å². The fraction of sp³-hybridized carbons (Fsp3) is 0.846. The van der Waals surface area contributed by atoms with E-state index >= 15 is 0 Å². The first-order chi connectivity index (χ1) is 8.69. The fourth-order valence-corrected chi connectivity index (χ4v) is 2.19. The van der Waals surface area contributed by atoms with Gasteiger partial charge in [-0.2, -0.15) is 0 Å². The van der Waals surface area contributed by atoms with Gasteiger partial charge >= 0.3 is 0 Å². The maximum absolute atomic E-state index is 5.66. The normalized spacial score (nSPS) is 13.2. The van der Waals surface area contributed by atoms with Crippen LogP contribution in [-0.4, -0.2) is 35.0 Å². The molecular weight excluding hydrogens is 228 g/mol. The van der Waals surface area contributed by atoms with Crippen molar-refractivity contribution in [3.8, 4) is 0 Å².